The maximum Gasteiger partial charge on any atom is 0.124 e. The smallest absolute Gasteiger partial charge is 0.124 e. The summed E-state index contributed by atoms with van der Waals surface area (Å²) in [5.74, 6) is 0.942. The number of benzene rings is 1. The fourth-order valence-corrected chi connectivity index (χ4v) is 3.70. The molecule has 0 radical (unpaired) electrons. The van der Waals surface area contributed by atoms with Gasteiger partial charge in [0.05, 0.1) is 6.10 Å². The van der Waals surface area contributed by atoms with E-state index < -0.39 is 6.10 Å². The SMILES string of the molecule is CCC1CCC(C(O)c2ccc(F)cc2I)CC1. The summed E-state index contributed by atoms with van der Waals surface area (Å²) < 4.78 is 13.9. The van der Waals surface area contributed by atoms with Crippen LogP contribution in [-0.4, -0.2) is 5.11 Å². The standard InChI is InChI=1S/C15H20FIO/c1-2-10-3-5-11(6-4-10)15(18)13-8-7-12(16)9-14(13)17/h7-11,15,18H,2-6H2,1H3. The van der Waals surface area contributed by atoms with Gasteiger partial charge in [-0.25, -0.2) is 4.39 Å². The Kier molecular flexibility index (Phi) is 5.01. The molecule has 2 rings (SSSR count). The molecular weight excluding hydrogens is 342 g/mol. The van der Waals surface area contributed by atoms with E-state index in [0.717, 1.165) is 27.9 Å². The van der Waals surface area contributed by atoms with Gasteiger partial charge in [0.15, 0.2) is 0 Å². The van der Waals surface area contributed by atoms with E-state index in [-0.39, 0.29) is 5.82 Å². The number of halogens is 2. The number of hydrogen-bond donors (Lipinski definition) is 1. The molecule has 1 aliphatic carbocycles. The van der Waals surface area contributed by atoms with Gasteiger partial charge in [0.1, 0.15) is 5.82 Å². The zero-order valence-electron chi connectivity index (χ0n) is 10.7. The van der Waals surface area contributed by atoms with Crippen LogP contribution in [0, 0.1) is 21.2 Å². The van der Waals surface area contributed by atoms with E-state index in [1.807, 2.05) is 0 Å². The van der Waals surface area contributed by atoms with Crippen LogP contribution in [0.2, 0.25) is 0 Å². The normalized spacial score (nSPS) is 26.0. The molecule has 100 valence electrons. The monoisotopic (exact) mass is 362 g/mol. The first-order valence-corrected chi connectivity index (χ1v) is 7.82. The Balaban J connectivity index is 2.05. The molecule has 1 aromatic rings. The Morgan fingerprint density at radius 1 is 1.33 bits per heavy atom. The summed E-state index contributed by atoms with van der Waals surface area (Å²) in [5, 5.41) is 10.4. The number of hydrogen-bond acceptors (Lipinski definition) is 1. The first kappa shape index (κ1) is 14.3. The maximum atomic E-state index is 13.1. The third-order valence-electron chi connectivity index (χ3n) is 4.20. The molecule has 0 bridgehead atoms. The van der Waals surface area contributed by atoms with Gasteiger partial charge < -0.3 is 5.11 Å². The fourth-order valence-electron chi connectivity index (χ4n) is 2.91. The van der Waals surface area contributed by atoms with Crippen LogP contribution in [0.15, 0.2) is 18.2 Å². The molecule has 0 saturated heterocycles. The largest absolute Gasteiger partial charge is 0.388 e. The Morgan fingerprint density at radius 3 is 2.56 bits per heavy atom. The van der Waals surface area contributed by atoms with Crippen LogP contribution in [0.3, 0.4) is 0 Å². The second-order valence-electron chi connectivity index (χ2n) is 5.30. The van der Waals surface area contributed by atoms with Crippen LogP contribution < -0.4 is 0 Å². The first-order valence-electron chi connectivity index (χ1n) is 6.74. The lowest BCUT2D eigenvalue weighted by Crippen LogP contribution is -2.20. The van der Waals surface area contributed by atoms with Crippen LogP contribution in [0.25, 0.3) is 0 Å². The van der Waals surface area contributed by atoms with Crippen molar-refractivity contribution in [3.8, 4) is 0 Å². The number of rotatable bonds is 3. The van der Waals surface area contributed by atoms with Gasteiger partial charge in [-0.15, -0.1) is 0 Å². The van der Waals surface area contributed by atoms with E-state index in [0.29, 0.717) is 5.92 Å². The van der Waals surface area contributed by atoms with E-state index >= 15 is 0 Å². The molecule has 1 fully saturated rings. The topological polar surface area (TPSA) is 20.2 Å². The highest BCUT2D eigenvalue weighted by molar-refractivity contribution is 14.1. The van der Waals surface area contributed by atoms with Gasteiger partial charge in [0, 0.05) is 3.57 Å². The van der Waals surface area contributed by atoms with Gasteiger partial charge in [0.2, 0.25) is 0 Å². The third-order valence-corrected chi connectivity index (χ3v) is 5.13. The van der Waals surface area contributed by atoms with Gasteiger partial charge in [-0.1, -0.05) is 32.3 Å². The highest BCUT2D eigenvalue weighted by atomic mass is 127. The molecule has 0 spiro atoms. The van der Waals surface area contributed by atoms with Crippen LogP contribution in [0.4, 0.5) is 4.39 Å². The number of aliphatic hydroxyl groups is 1. The van der Waals surface area contributed by atoms with E-state index in [1.165, 1.54) is 31.4 Å². The predicted molar refractivity (Wildman–Crippen MR) is 79.8 cm³/mol. The average molecular weight is 362 g/mol. The molecule has 1 unspecified atom stereocenters. The summed E-state index contributed by atoms with van der Waals surface area (Å²) in [6.07, 6.45) is 5.43. The summed E-state index contributed by atoms with van der Waals surface area (Å²) >= 11 is 2.11. The van der Waals surface area contributed by atoms with Crippen molar-refractivity contribution in [1.29, 1.82) is 0 Å². The molecule has 1 atom stereocenters. The van der Waals surface area contributed by atoms with Crippen molar-refractivity contribution in [1.82, 2.24) is 0 Å². The molecule has 3 heteroatoms. The lowest BCUT2D eigenvalue weighted by molar-refractivity contribution is 0.0723. The van der Waals surface area contributed by atoms with Crippen LogP contribution in [0.1, 0.15) is 50.7 Å². The van der Waals surface area contributed by atoms with E-state index in [4.69, 9.17) is 0 Å². The molecular formula is C15H20FIO. The predicted octanol–water partition coefficient (Wildman–Crippen LogP) is 4.68. The minimum absolute atomic E-state index is 0.231. The second-order valence-corrected chi connectivity index (χ2v) is 6.46. The van der Waals surface area contributed by atoms with Gasteiger partial charge in [-0.05, 0) is 65.0 Å². The molecule has 18 heavy (non-hydrogen) atoms. The minimum atomic E-state index is -0.435. The minimum Gasteiger partial charge on any atom is -0.388 e. The van der Waals surface area contributed by atoms with Crippen molar-refractivity contribution in [2.45, 2.75) is 45.1 Å². The van der Waals surface area contributed by atoms with Crippen molar-refractivity contribution in [3.63, 3.8) is 0 Å². The second kappa shape index (κ2) is 6.33. The summed E-state index contributed by atoms with van der Waals surface area (Å²) in [7, 11) is 0. The summed E-state index contributed by atoms with van der Waals surface area (Å²) in [6.45, 7) is 2.24. The van der Waals surface area contributed by atoms with E-state index in [2.05, 4.69) is 29.5 Å². The maximum absolute atomic E-state index is 13.1. The van der Waals surface area contributed by atoms with Crippen LogP contribution in [-0.2, 0) is 0 Å². The fraction of sp³-hybridized carbons (Fsp3) is 0.600. The van der Waals surface area contributed by atoms with Gasteiger partial charge in [-0.2, -0.15) is 0 Å². The zero-order chi connectivity index (χ0) is 13.1. The number of aliphatic hydroxyl groups excluding tert-OH is 1. The molecule has 1 aromatic carbocycles. The van der Waals surface area contributed by atoms with E-state index in [9.17, 15) is 9.50 Å². The van der Waals surface area contributed by atoms with Crippen molar-refractivity contribution >= 4 is 22.6 Å². The quantitative estimate of drug-likeness (QED) is 0.775. The molecule has 1 nitrogen and oxygen atoms in total. The molecule has 1 N–H and O–H groups in total. The molecule has 0 aromatic heterocycles. The first-order chi connectivity index (χ1) is 8.61. The summed E-state index contributed by atoms with van der Waals surface area (Å²) in [4.78, 5) is 0. The van der Waals surface area contributed by atoms with Crippen molar-refractivity contribution in [2.24, 2.45) is 11.8 Å². The van der Waals surface area contributed by atoms with Crippen molar-refractivity contribution in [2.75, 3.05) is 0 Å². The summed E-state index contributed by atoms with van der Waals surface area (Å²) in [5.41, 5.74) is 0.886. The van der Waals surface area contributed by atoms with Crippen molar-refractivity contribution < 1.29 is 9.50 Å². The molecule has 0 aliphatic heterocycles. The molecule has 1 aliphatic rings. The Morgan fingerprint density at radius 2 is 2.00 bits per heavy atom. The van der Waals surface area contributed by atoms with Gasteiger partial charge >= 0.3 is 0 Å². The third kappa shape index (κ3) is 3.23. The van der Waals surface area contributed by atoms with Gasteiger partial charge in [0.25, 0.3) is 0 Å². The highest BCUT2D eigenvalue weighted by Crippen LogP contribution is 2.38. The van der Waals surface area contributed by atoms with Gasteiger partial charge in [-0.3, -0.25) is 0 Å². The average Bonchev–Trinajstić information content (AvgIpc) is 2.38. The van der Waals surface area contributed by atoms with E-state index in [1.54, 1.807) is 6.07 Å². The van der Waals surface area contributed by atoms with Crippen molar-refractivity contribution in [3.05, 3.63) is 33.1 Å². The molecule has 1 saturated carbocycles. The Hall–Kier alpha value is -0.160. The Bertz CT molecular complexity index is 399. The van der Waals surface area contributed by atoms with Crippen LogP contribution >= 0.6 is 22.6 Å². The summed E-state index contributed by atoms with van der Waals surface area (Å²) in [6, 6.07) is 4.67. The lowest BCUT2D eigenvalue weighted by Gasteiger charge is -2.31. The highest BCUT2D eigenvalue weighted by Gasteiger charge is 2.27. The Labute approximate surface area is 122 Å². The van der Waals surface area contributed by atoms with Crippen LogP contribution in [0.5, 0.6) is 0 Å². The lowest BCUT2D eigenvalue weighted by atomic mass is 9.77. The molecule has 0 amide bonds. The zero-order valence-corrected chi connectivity index (χ0v) is 12.9. The molecule has 0 heterocycles.